The first-order valence-electron chi connectivity index (χ1n) is 16.0. The Morgan fingerprint density at radius 3 is 1.61 bits per heavy atom. The summed E-state index contributed by atoms with van der Waals surface area (Å²) in [5.41, 5.74) is 6.21. The van der Waals surface area contributed by atoms with E-state index >= 15 is 0 Å². The lowest BCUT2D eigenvalue weighted by Gasteiger charge is -2.32. The third-order valence-electron chi connectivity index (χ3n) is 7.57. The summed E-state index contributed by atoms with van der Waals surface area (Å²) in [5, 5.41) is 0. The molecule has 0 aliphatic heterocycles. The molecule has 0 radical (unpaired) electrons. The van der Waals surface area contributed by atoms with E-state index < -0.39 is 0 Å². The average Bonchev–Trinajstić information content (AvgIpc) is 2.88. The van der Waals surface area contributed by atoms with E-state index in [0.717, 1.165) is 11.3 Å². The van der Waals surface area contributed by atoms with Crippen molar-refractivity contribution in [1.29, 1.82) is 0 Å². The van der Waals surface area contributed by atoms with Gasteiger partial charge in [0.05, 0.1) is 0 Å². The van der Waals surface area contributed by atoms with Gasteiger partial charge in [0.1, 0.15) is 5.78 Å². The van der Waals surface area contributed by atoms with Crippen molar-refractivity contribution in [3.05, 3.63) is 47.0 Å². The first-order valence-corrected chi connectivity index (χ1v) is 16.0. The maximum absolute atomic E-state index is 9.81. The zero-order chi connectivity index (χ0) is 30.1. The zero-order valence-electron chi connectivity index (χ0n) is 28.5. The third kappa shape index (κ3) is 24.9. The highest BCUT2D eigenvalue weighted by Crippen LogP contribution is 2.38. The van der Waals surface area contributed by atoms with Crippen molar-refractivity contribution in [1.82, 2.24) is 0 Å². The van der Waals surface area contributed by atoms with Crippen molar-refractivity contribution in [3.63, 3.8) is 0 Å². The van der Waals surface area contributed by atoms with Crippen molar-refractivity contribution in [2.24, 2.45) is 11.3 Å². The van der Waals surface area contributed by atoms with E-state index in [4.69, 9.17) is 0 Å². The van der Waals surface area contributed by atoms with Crippen LogP contribution >= 0.6 is 0 Å². The molecule has 38 heavy (non-hydrogen) atoms. The maximum atomic E-state index is 9.81. The molecule has 3 rings (SSSR count). The molecule has 0 spiro atoms. The fourth-order valence-corrected chi connectivity index (χ4v) is 4.46. The molecule has 0 N–H and O–H groups in total. The van der Waals surface area contributed by atoms with Gasteiger partial charge in [-0.05, 0) is 81.4 Å². The van der Waals surface area contributed by atoms with Gasteiger partial charge in [0.15, 0.2) is 0 Å². The van der Waals surface area contributed by atoms with E-state index in [-0.39, 0.29) is 5.78 Å². The van der Waals surface area contributed by atoms with Crippen LogP contribution in [0.4, 0.5) is 0 Å². The lowest BCUT2D eigenvalue weighted by molar-refractivity contribution is -0.116. The number of hydrogen-bond acceptors (Lipinski definition) is 1. The van der Waals surface area contributed by atoms with E-state index in [9.17, 15) is 4.79 Å². The minimum Gasteiger partial charge on any atom is -0.300 e. The smallest absolute Gasteiger partial charge is 0.129 e. The van der Waals surface area contributed by atoms with E-state index in [1.54, 1.807) is 6.92 Å². The molecule has 0 saturated heterocycles. The standard InChI is InChI=1S/C11H16.C9H18.C7H14.C4H8O.C4H8.C2H6/c1-8(2)11-7-5-6-9(3)10(11)4;1-3-9(2)7-5-4-6-8-9;1-7-5-3-2-4-6-7;1-3-4(2)5;1-4(2)3;1-2/h5-8H,1-4H3;3-8H2,1-2H3;7H,2-6H2,1H3;3H2,1-2H3;1H2,2-3H3;1-2H3. The molecule has 0 aromatic heterocycles. The fourth-order valence-electron chi connectivity index (χ4n) is 4.46. The fraction of sp³-hybridized carbons (Fsp3) is 0.757. The Morgan fingerprint density at radius 2 is 1.34 bits per heavy atom. The first kappa shape index (κ1) is 41.1. The predicted molar refractivity (Wildman–Crippen MR) is 177 cm³/mol. The number of rotatable bonds is 3. The molecule has 224 valence electrons. The summed E-state index contributed by atoms with van der Waals surface area (Å²) in [7, 11) is 0. The summed E-state index contributed by atoms with van der Waals surface area (Å²) in [6.07, 6.45) is 16.9. The van der Waals surface area contributed by atoms with Crippen LogP contribution in [0, 0.1) is 25.2 Å². The van der Waals surface area contributed by atoms with Crippen LogP contribution in [0.1, 0.15) is 176 Å². The second kappa shape index (κ2) is 25.9. The summed E-state index contributed by atoms with van der Waals surface area (Å²) in [4.78, 5) is 9.81. The Labute approximate surface area is 241 Å². The predicted octanol–water partition coefficient (Wildman–Crippen LogP) is 13.0. The number of hydrogen-bond donors (Lipinski definition) is 0. The zero-order valence-corrected chi connectivity index (χ0v) is 28.5. The molecule has 0 amide bonds. The van der Waals surface area contributed by atoms with Gasteiger partial charge < -0.3 is 4.79 Å². The number of aryl methyl sites for hydroxylation is 1. The van der Waals surface area contributed by atoms with Crippen molar-refractivity contribution >= 4 is 5.78 Å². The number of Topliss-reactive ketones (excluding diaryl/α,β-unsaturated/α-hetero) is 1. The molecule has 0 atom stereocenters. The summed E-state index contributed by atoms with van der Waals surface area (Å²) < 4.78 is 0. The first-order chi connectivity index (χ1) is 17.8. The quantitative estimate of drug-likeness (QED) is 0.355. The lowest BCUT2D eigenvalue weighted by atomic mass is 9.74. The molecule has 1 nitrogen and oxygen atoms in total. The molecule has 1 aromatic rings. The highest BCUT2D eigenvalue weighted by atomic mass is 16.1. The van der Waals surface area contributed by atoms with E-state index in [2.05, 4.69) is 73.2 Å². The number of carbonyl (C=O) groups excluding carboxylic acids is 1. The van der Waals surface area contributed by atoms with Gasteiger partial charge in [-0.1, -0.05) is 137 Å². The number of benzene rings is 1. The molecule has 0 heterocycles. The van der Waals surface area contributed by atoms with Crippen LogP contribution < -0.4 is 0 Å². The van der Waals surface area contributed by atoms with Crippen LogP contribution in [0.2, 0.25) is 0 Å². The van der Waals surface area contributed by atoms with Gasteiger partial charge in [-0.2, -0.15) is 0 Å². The van der Waals surface area contributed by atoms with Crippen molar-refractivity contribution in [2.45, 2.75) is 173 Å². The third-order valence-corrected chi connectivity index (χ3v) is 7.57. The van der Waals surface area contributed by atoms with Gasteiger partial charge in [-0.3, -0.25) is 0 Å². The molecule has 0 bridgehead atoms. The van der Waals surface area contributed by atoms with Crippen molar-refractivity contribution < 1.29 is 4.79 Å². The Balaban J connectivity index is -0.000000413. The van der Waals surface area contributed by atoms with Crippen LogP contribution in [0.5, 0.6) is 0 Å². The minimum atomic E-state index is 0.255. The van der Waals surface area contributed by atoms with Crippen LogP contribution in [0.15, 0.2) is 30.4 Å². The SMILES string of the molecule is C=C(C)C.CC.CC1CCCCC1.CCC(C)=O.CCC1(C)CCCCC1.Cc1cccc(C(C)C)c1C. The molecule has 1 aromatic carbocycles. The topological polar surface area (TPSA) is 17.1 Å². The molecular weight excluding hydrogens is 460 g/mol. The van der Waals surface area contributed by atoms with Crippen LogP contribution in [0.25, 0.3) is 0 Å². The summed E-state index contributed by atoms with van der Waals surface area (Å²) >= 11 is 0. The number of carbonyl (C=O) groups is 1. The van der Waals surface area contributed by atoms with E-state index in [1.807, 2.05) is 34.6 Å². The molecular formula is C37H70O. The van der Waals surface area contributed by atoms with Crippen LogP contribution in [-0.2, 0) is 4.79 Å². The molecule has 2 aliphatic carbocycles. The molecule has 2 saturated carbocycles. The Morgan fingerprint density at radius 1 is 0.921 bits per heavy atom. The number of ketones is 1. The molecule has 2 fully saturated rings. The maximum Gasteiger partial charge on any atom is 0.129 e. The van der Waals surface area contributed by atoms with E-state index in [0.29, 0.717) is 12.3 Å². The Bertz CT molecular complexity index is 681. The minimum absolute atomic E-state index is 0.255. The summed E-state index contributed by atoms with van der Waals surface area (Å²) in [5.74, 6) is 1.94. The van der Waals surface area contributed by atoms with Gasteiger partial charge in [-0.25, -0.2) is 0 Å². The van der Waals surface area contributed by atoms with Gasteiger partial charge >= 0.3 is 0 Å². The van der Waals surface area contributed by atoms with Gasteiger partial charge in [-0.15, -0.1) is 6.58 Å². The Kier molecular flexibility index (Phi) is 28.0. The number of allylic oxidation sites excluding steroid dienone is 1. The average molecular weight is 531 g/mol. The second-order valence-electron chi connectivity index (χ2n) is 12.2. The second-order valence-corrected chi connectivity index (χ2v) is 12.2. The van der Waals surface area contributed by atoms with Crippen molar-refractivity contribution in [3.8, 4) is 0 Å². The van der Waals surface area contributed by atoms with Gasteiger partial charge in [0.25, 0.3) is 0 Å². The van der Waals surface area contributed by atoms with Crippen molar-refractivity contribution in [2.75, 3.05) is 0 Å². The highest BCUT2D eigenvalue weighted by molar-refractivity contribution is 5.74. The van der Waals surface area contributed by atoms with Gasteiger partial charge in [0.2, 0.25) is 0 Å². The van der Waals surface area contributed by atoms with Crippen LogP contribution in [0.3, 0.4) is 0 Å². The monoisotopic (exact) mass is 531 g/mol. The van der Waals surface area contributed by atoms with Gasteiger partial charge in [0, 0.05) is 6.42 Å². The largest absolute Gasteiger partial charge is 0.300 e. The van der Waals surface area contributed by atoms with E-state index in [1.165, 1.54) is 92.9 Å². The molecule has 2 aliphatic rings. The van der Waals surface area contributed by atoms with Crippen LogP contribution in [-0.4, -0.2) is 5.78 Å². The Hall–Kier alpha value is -1.37. The summed E-state index contributed by atoms with van der Waals surface area (Å²) in [6.45, 7) is 30.9. The summed E-state index contributed by atoms with van der Waals surface area (Å²) in [6, 6.07) is 6.52. The lowest BCUT2D eigenvalue weighted by Crippen LogP contribution is -2.18. The molecule has 1 heteroatoms. The molecule has 0 unspecified atom stereocenters. The highest BCUT2D eigenvalue weighted by Gasteiger charge is 2.23. The normalized spacial score (nSPS) is 15.7.